The van der Waals surface area contributed by atoms with Gasteiger partial charge >= 0.3 is 0 Å². The normalized spacial score (nSPS) is 12.3. The molecule has 0 amide bonds. The van der Waals surface area contributed by atoms with E-state index in [0.717, 1.165) is 17.9 Å². The first-order chi connectivity index (χ1) is 7.52. The Labute approximate surface area is 98.8 Å². The van der Waals surface area contributed by atoms with Crippen molar-refractivity contribution < 1.29 is 0 Å². The molecule has 1 aromatic heterocycles. The molecule has 1 rings (SSSR count). The summed E-state index contributed by atoms with van der Waals surface area (Å²) in [6.07, 6.45) is 2.26. The third kappa shape index (κ3) is 3.78. The third-order valence-electron chi connectivity index (χ3n) is 2.39. The Balaban J connectivity index is 3.05. The van der Waals surface area contributed by atoms with Crippen molar-refractivity contribution in [2.75, 3.05) is 6.54 Å². The Morgan fingerprint density at radius 3 is 2.31 bits per heavy atom. The van der Waals surface area contributed by atoms with E-state index in [1.54, 1.807) is 0 Å². The van der Waals surface area contributed by atoms with Gasteiger partial charge in [0, 0.05) is 11.4 Å². The van der Waals surface area contributed by atoms with Gasteiger partial charge in [0.2, 0.25) is 0 Å². The summed E-state index contributed by atoms with van der Waals surface area (Å²) in [4.78, 5) is 4.41. The van der Waals surface area contributed by atoms with E-state index in [-0.39, 0.29) is 0 Å². The van der Waals surface area contributed by atoms with Gasteiger partial charge in [-0.05, 0) is 51.9 Å². The summed E-state index contributed by atoms with van der Waals surface area (Å²) in [5.74, 6) is 0. The second-order valence-electron chi connectivity index (χ2n) is 4.46. The second-order valence-corrected chi connectivity index (χ2v) is 4.46. The molecular weight excluding hydrogens is 196 g/mol. The molecule has 2 heteroatoms. The fourth-order valence-corrected chi connectivity index (χ4v) is 1.87. The molecule has 1 N–H and O–H groups in total. The Kier molecular flexibility index (Phi) is 4.69. The zero-order valence-corrected chi connectivity index (χ0v) is 11.0. The number of hydrogen-bond donors (Lipinski definition) is 1. The number of rotatable bonds is 4. The van der Waals surface area contributed by atoms with Crippen LogP contribution in [0.15, 0.2) is 23.8 Å². The van der Waals surface area contributed by atoms with Crippen molar-refractivity contribution >= 4 is 0 Å². The molecule has 1 atom stereocenters. The number of pyridine rings is 1. The molecule has 0 aliphatic heterocycles. The number of nitrogens with one attached hydrogen (secondary N) is 1. The van der Waals surface area contributed by atoms with E-state index in [4.69, 9.17) is 0 Å². The van der Waals surface area contributed by atoms with Crippen molar-refractivity contribution in [3.63, 3.8) is 0 Å². The summed E-state index contributed by atoms with van der Waals surface area (Å²) < 4.78 is 0. The lowest BCUT2D eigenvalue weighted by atomic mass is 10.0. The van der Waals surface area contributed by atoms with Gasteiger partial charge < -0.3 is 5.32 Å². The number of aromatic nitrogens is 1. The van der Waals surface area contributed by atoms with Crippen LogP contribution in [0.3, 0.4) is 0 Å². The lowest BCUT2D eigenvalue weighted by Crippen LogP contribution is -2.19. The third-order valence-corrected chi connectivity index (χ3v) is 2.39. The van der Waals surface area contributed by atoms with Crippen LogP contribution in [0.2, 0.25) is 0 Å². The minimum Gasteiger partial charge on any atom is -0.307 e. The average molecular weight is 218 g/mol. The standard InChI is InChI=1S/C14H22N2/c1-6-15-14(7-10(2)3)13-8-11(4)16-12(5)9-13/h7-9,14-15H,6H2,1-5H3. The summed E-state index contributed by atoms with van der Waals surface area (Å²) in [5, 5.41) is 3.48. The molecule has 0 spiro atoms. The maximum absolute atomic E-state index is 4.41. The highest BCUT2D eigenvalue weighted by molar-refractivity contribution is 5.27. The number of aryl methyl sites for hydroxylation is 2. The summed E-state index contributed by atoms with van der Waals surface area (Å²) in [6.45, 7) is 11.4. The van der Waals surface area contributed by atoms with Crippen LogP contribution in [0.25, 0.3) is 0 Å². The summed E-state index contributed by atoms with van der Waals surface area (Å²) in [6, 6.07) is 4.61. The van der Waals surface area contributed by atoms with Crippen LogP contribution in [0.1, 0.15) is 43.8 Å². The average Bonchev–Trinajstić information content (AvgIpc) is 2.14. The van der Waals surface area contributed by atoms with E-state index in [1.807, 2.05) is 13.8 Å². The molecule has 1 unspecified atom stereocenters. The molecular formula is C14H22N2. The summed E-state index contributed by atoms with van der Waals surface area (Å²) in [7, 11) is 0. The van der Waals surface area contributed by atoms with Gasteiger partial charge in [0.1, 0.15) is 0 Å². The summed E-state index contributed by atoms with van der Waals surface area (Å²) in [5.41, 5.74) is 4.80. The van der Waals surface area contributed by atoms with E-state index in [0.29, 0.717) is 6.04 Å². The zero-order chi connectivity index (χ0) is 12.1. The van der Waals surface area contributed by atoms with Crippen LogP contribution in [0, 0.1) is 13.8 Å². The molecule has 88 valence electrons. The van der Waals surface area contributed by atoms with Gasteiger partial charge in [-0.25, -0.2) is 0 Å². The van der Waals surface area contributed by atoms with Gasteiger partial charge in [0.05, 0.1) is 6.04 Å². The number of allylic oxidation sites excluding steroid dienone is 1. The zero-order valence-electron chi connectivity index (χ0n) is 11.0. The molecule has 0 aliphatic rings. The number of likely N-dealkylation sites (N-methyl/N-ethyl adjacent to an activating group) is 1. The smallest absolute Gasteiger partial charge is 0.0509 e. The van der Waals surface area contributed by atoms with Crippen LogP contribution in [0.5, 0.6) is 0 Å². The van der Waals surface area contributed by atoms with Gasteiger partial charge in [-0.1, -0.05) is 18.6 Å². The maximum atomic E-state index is 4.41. The van der Waals surface area contributed by atoms with Crippen LogP contribution in [0.4, 0.5) is 0 Å². The van der Waals surface area contributed by atoms with Crippen molar-refractivity contribution in [1.82, 2.24) is 10.3 Å². The first-order valence-electron chi connectivity index (χ1n) is 5.86. The van der Waals surface area contributed by atoms with E-state index >= 15 is 0 Å². The van der Waals surface area contributed by atoms with Gasteiger partial charge in [-0.2, -0.15) is 0 Å². The predicted octanol–water partition coefficient (Wildman–Crippen LogP) is 3.32. The largest absolute Gasteiger partial charge is 0.307 e. The highest BCUT2D eigenvalue weighted by Gasteiger charge is 2.08. The van der Waals surface area contributed by atoms with E-state index in [1.165, 1.54) is 11.1 Å². The Morgan fingerprint density at radius 2 is 1.88 bits per heavy atom. The molecule has 0 saturated heterocycles. The lowest BCUT2D eigenvalue weighted by Gasteiger charge is -2.16. The van der Waals surface area contributed by atoms with Crippen LogP contribution >= 0.6 is 0 Å². The topological polar surface area (TPSA) is 24.9 Å². The lowest BCUT2D eigenvalue weighted by molar-refractivity contribution is 0.642. The van der Waals surface area contributed by atoms with Crippen LogP contribution < -0.4 is 5.32 Å². The fourth-order valence-electron chi connectivity index (χ4n) is 1.87. The molecule has 0 radical (unpaired) electrons. The number of hydrogen-bond acceptors (Lipinski definition) is 2. The Hall–Kier alpha value is -1.15. The van der Waals surface area contributed by atoms with Gasteiger partial charge in [0.25, 0.3) is 0 Å². The molecule has 16 heavy (non-hydrogen) atoms. The number of nitrogens with zero attached hydrogens (tertiary/aromatic N) is 1. The Bertz CT molecular complexity index is 356. The first-order valence-corrected chi connectivity index (χ1v) is 5.86. The molecule has 1 heterocycles. The van der Waals surface area contributed by atoms with E-state index in [9.17, 15) is 0 Å². The molecule has 0 bridgehead atoms. The monoisotopic (exact) mass is 218 g/mol. The fraction of sp³-hybridized carbons (Fsp3) is 0.500. The maximum Gasteiger partial charge on any atom is 0.0509 e. The highest BCUT2D eigenvalue weighted by atomic mass is 14.9. The van der Waals surface area contributed by atoms with E-state index in [2.05, 4.69) is 49.3 Å². The van der Waals surface area contributed by atoms with Gasteiger partial charge in [-0.3, -0.25) is 4.98 Å². The van der Waals surface area contributed by atoms with Crippen molar-refractivity contribution in [3.8, 4) is 0 Å². The molecule has 0 fully saturated rings. The first kappa shape index (κ1) is 12.9. The quantitative estimate of drug-likeness (QED) is 0.784. The van der Waals surface area contributed by atoms with Crippen molar-refractivity contribution in [3.05, 3.63) is 40.7 Å². The van der Waals surface area contributed by atoms with Crippen molar-refractivity contribution in [2.45, 2.75) is 40.7 Å². The van der Waals surface area contributed by atoms with Crippen molar-refractivity contribution in [1.29, 1.82) is 0 Å². The highest BCUT2D eigenvalue weighted by Crippen LogP contribution is 2.17. The second kappa shape index (κ2) is 5.80. The SMILES string of the molecule is CCNC(C=C(C)C)c1cc(C)nc(C)c1. The Morgan fingerprint density at radius 1 is 1.31 bits per heavy atom. The summed E-state index contributed by atoms with van der Waals surface area (Å²) >= 11 is 0. The minimum atomic E-state index is 0.301. The van der Waals surface area contributed by atoms with Gasteiger partial charge in [0.15, 0.2) is 0 Å². The van der Waals surface area contributed by atoms with Crippen LogP contribution in [-0.4, -0.2) is 11.5 Å². The van der Waals surface area contributed by atoms with Gasteiger partial charge in [-0.15, -0.1) is 0 Å². The van der Waals surface area contributed by atoms with Crippen molar-refractivity contribution in [2.24, 2.45) is 0 Å². The molecule has 0 aromatic carbocycles. The van der Waals surface area contributed by atoms with Crippen LogP contribution in [-0.2, 0) is 0 Å². The van der Waals surface area contributed by atoms with E-state index < -0.39 is 0 Å². The molecule has 0 aliphatic carbocycles. The molecule has 0 saturated carbocycles. The molecule has 1 aromatic rings. The minimum absolute atomic E-state index is 0.301. The molecule has 2 nitrogen and oxygen atoms in total. The predicted molar refractivity (Wildman–Crippen MR) is 69.6 cm³/mol.